The molecule has 0 bridgehead atoms. The van der Waals surface area contributed by atoms with Crippen LogP contribution in [0, 0.1) is 0 Å². The molecular formula is C36H24BiF2N3. The molecule has 6 aromatic carbocycles. The van der Waals surface area contributed by atoms with Gasteiger partial charge in [-0.2, -0.15) is 0 Å². The predicted octanol–water partition coefficient (Wildman–Crippen LogP) is 8.39. The van der Waals surface area contributed by atoms with Crippen molar-refractivity contribution < 1.29 is 5.25 Å². The molecule has 0 saturated heterocycles. The van der Waals surface area contributed by atoms with E-state index in [2.05, 4.69) is 0 Å². The number of anilines is 9. The standard InChI is InChI=1S/C36H24N3.Bi.2FH/c1-4-13-28(14-5-1)37-31-19-10-21-33(25-31)38(29-15-6-2-7-16-29)35-23-12-24-36(27-35)39(30-17-8-3-9-18-30)34-22-11-20-32(37)26-34;;;/h1-24H;;2*1H/q;+2;;/p-2. The van der Waals surface area contributed by atoms with E-state index in [0.29, 0.717) is 34.1 Å². The molecule has 0 N–H and O–H groups in total. The second-order valence-corrected chi connectivity index (χ2v) is 23.1. The molecule has 42 heavy (non-hydrogen) atoms. The molecule has 6 aromatic rings. The third-order valence-corrected chi connectivity index (χ3v) is 23.1. The average Bonchev–Trinajstić information content (AvgIpc) is 3.02. The SMILES string of the molecule is [F][Bi]12([F])[c]3c4cccc3N(c3ccccc3)c3cccc([c]31)N(c1ccccc1)c1cccc([c]12)N4c1ccccc1. The molecule has 0 radical (unpaired) electrons. The minimum absolute atomic E-state index is 0.212. The normalized spacial score (nSPS) is 17.2. The Morgan fingerprint density at radius 1 is 0.310 bits per heavy atom. The Morgan fingerprint density at radius 2 is 0.548 bits per heavy atom. The molecule has 3 aliphatic heterocycles. The van der Waals surface area contributed by atoms with Gasteiger partial charge in [0.15, 0.2) is 0 Å². The zero-order chi connectivity index (χ0) is 28.1. The second-order valence-electron chi connectivity index (χ2n) is 10.9. The predicted molar refractivity (Wildman–Crippen MR) is 171 cm³/mol. The van der Waals surface area contributed by atoms with Crippen molar-refractivity contribution in [1.82, 2.24) is 0 Å². The minimum atomic E-state index is -7.34. The zero-order valence-corrected chi connectivity index (χ0v) is 25.9. The molecule has 9 rings (SSSR count). The van der Waals surface area contributed by atoms with Crippen molar-refractivity contribution in [3.8, 4) is 0 Å². The first-order valence-corrected chi connectivity index (χ1v) is 21.8. The summed E-state index contributed by atoms with van der Waals surface area (Å²) in [5.41, 5.74) is 5.97. The maximum absolute atomic E-state index is 19.1. The first kappa shape index (κ1) is 24.1. The van der Waals surface area contributed by atoms with Crippen molar-refractivity contribution >= 4 is 81.0 Å². The van der Waals surface area contributed by atoms with E-state index in [1.54, 1.807) is 0 Å². The van der Waals surface area contributed by atoms with Gasteiger partial charge in [-0.15, -0.1) is 0 Å². The summed E-state index contributed by atoms with van der Waals surface area (Å²) < 4.78 is 38.9. The average molecular weight is 746 g/mol. The molecule has 0 fully saturated rings. The summed E-state index contributed by atoms with van der Waals surface area (Å²) in [7, 11) is 0. The third kappa shape index (κ3) is 2.85. The van der Waals surface area contributed by atoms with Crippen LogP contribution in [0.5, 0.6) is 0 Å². The van der Waals surface area contributed by atoms with Gasteiger partial charge in [0.2, 0.25) is 0 Å². The number of para-hydroxylation sites is 3. The maximum atomic E-state index is 19.1. The Bertz CT molecular complexity index is 1750. The number of hydrogen-bond donors (Lipinski definition) is 0. The Labute approximate surface area is 245 Å². The molecule has 0 atom stereocenters. The van der Waals surface area contributed by atoms with Gasteiger partial charge >= 0.3 is 247 Å². The van der Waals surface area contributed by atoms with Crippen molar-refractivity contribution in [2.45, 2.75) is 0 Å². The zero-order valence-electron chi connectivity index (χ0n) is 22.4. The van der Waals surface area contributed by atoms with Crippen molar-refractivity contribution in [2.24, 2.45) is 0 Å². The van der Waals surface area contributed by atoms with E-state index in [-0.39, 0.29) is 9.81 Å². The van der Waals surface area contributed by atoms with Gasteiger partial charge < -0.3 is 0 Å². The molecule has 0 amide bonds. The fourth-order valence-electron chi connectivity index (χ4n) is 7.14. The van der Waals surface area contributed by atoms with Gasteiger partial charge in [-0.05, 0) is 0 Å². The molecular weight excluding hydrogens is 721 g/mol. The molecule has 202 valence electrons. The van der Waals surface area contributed by atoms with Crippen LogP contribution in [-0.4, -0.2) is 20.0 Å². The number of halogens is 2. The van der Waals surface area contributed by atoms with E-state index >= 15 is 5.25 Å². The Balaban J connectivity index is 1.50. The van der Waals surface area contributed by atoms with Crippen molar-refractivity contribution in [3.05, 3.63) is 146 Å². The van der Waals surface area contributed by atoms with E-state index < -0.39 is 20.0 Å². The summed E-state index contributed by atoms with van der Waals surface area (Å²) in [6.07, 6.45) is 0. The van der Waals surface area contributed by atoms with Crippen molar-refractivity contribution in [3.63, 3.8) is 0 Å². The van der Waals surface area contributed by atoms with Crippen LogP contribution in [0.4, 0.5) is 56.4 Å². The number of hydrogen-bond acceptors (Lipinski definition) is 3. The van der Waals surface area contributed by atoms with Gasteiger partial charge in [-0.1, -0.05) is 0 Å². The summed E-state index contributed by atoms with van der Waals surface area (Å²) in [6, 6.07) is 46.7. The summed E-state index contributed by atoms with van der Waals surface area (Å²) in [5.74, 6) is 0. The van der Waals surface area contributed by atoms with Gasteiger partial charge in [-0.25, -0.2) is 0 Å². The molecule has 3 heterocycles. The first-order chi connectivity index (χ1) is 20.6. The molecule has 0 aliphatic carbocycles. The van der Waals surface area contributed by atoms with Gasteiger partial charge in [0.05, 0.1) is 0 Å². The van der Waals surface area contributed by atoms with E-state index in [1.807, 2.05) is 160 Å². The summed E-state index contributed by atoms with van der Waals surface area (Å²) in [4.78, 5) is 6.12. The van der Waals surface area contributed by atoms with E-state index in [9.17, 15) is 0 Å². The first-order valence-electron chi connectivity index (χ1n) is 14.0. The molecule has 0 saturated carbocycles. The van der Waals surface area contributed by atoms with Crippen LogP contribution in [0.3, 0.4) is 0 Å². The molecule has 3 aliphatic rings. The van der Waals surface area contributed by atoms with E-state index in [1.165, 1.54) is 0 Å². The van der Waals surface area contributed by atoms with Crippen LogP contribution < -0.4 is 24.5 Å². The number of nitrogens with zero attached hydrogens (tertiary/aromatic N) is 3. The second kappa shape index (κ2) is 8.27. The van der Waals surface area contributed by atoms with E-state index in [4.69, 9.17) is 0 Å². The van der Waals surface area contributed by atoms with Crippen molar-refractivity contribution in [2.75, 3.05) is 14.7 Å². The van der Waals surface area contributed by atoms with Crippen LogP contribution in [0.2, 0.25) is 0 Å². The van der Waals surface area contributed by atoms with Crippen LogP contribution in [0.25, 0.3) is 0 Å². The number of rotatable bonds is 3. The summed E-state index contributed by atoms with van der Waals surface area (Å²) >= 11 is -7.34. The summed E-state index contributed by atoms with van der Waals surface area (Å²) in [5, 5.41) is 0. The quantitative estimate of drug-likeness (QED) is 0.168. The number of benzene rings is 6. The fourth-order valence-corrected chi connectivity index (χ4v) is 23.2. The van der Waals surface area contributed by atoms with Gasteiger partial charge in [0.25, 0.3) is 0 Å². The topological polar surface area (TPSA) is 9.72 Å². The van der Waals surface area contributed by atoms with Crippen LogP contribution >= 0.6 is 0 Å². The Hall–Kier alpha value is -4.54. The molecule has 3 nitrogen and oxygen atoms in total. The monoisotopic (exact) mass is 745 g/mol. The third-order valence-electron chi connectivity index (χ3n) is 8.65. The van der Waals surface area contributed by atoms with Crippen LogP contribution in [0.1, 0.15) is 0 Å². The Kier molecular flexibility index (Phi) is 4.75. The Morgan fingerprint density at radius 3 is 0.786 bits per heavy atom. The molecule has 0 spiro atoms. The fraction of sp³-hybridized carbons (Fsp3) is 0. The van der Waals surface area contributed by atoms with Gasteiger partial charge in [0, 0.05) is 0 Å². The van der Waals surface area contributed by atoms with Gasteiger partial charge in [-0.3, -0.25) is 0 Å². The van der Waals surface area contributed by atoms with Crippen LogP contribution in [-0.2, 0) is 0 Å². The summed E-state index contributed by atoms with van der Waals surface area (Å²) in [6.45, 7) is 0. The molecule has 0 aromatic heterocycles. The van der Waals surface area contributed by atoms with Crippen LogP contribution in [0.15, 0.2) is 146 Å². The molecule has 6 heteroatoms. The molecule has 0 unspecified atom stereocenters. The van der Waals surface area contributed by atoms with Gasteiger partial charge in [0.1, 0.15) is 0 Å². The van der Waals surface area contributed by atoms with E-state index in [0.717, 1.165) is 17.1 Å². The van der Waals surface area contributed by atoms with Crippen molar-refractivity contribution in [1.29, 1.82) is 0 Å².